The first-order valence-corrected chi connectivity index (χ1v) is 4.13. The molecule has 0 bridgehead atoms. The van der Waals surface area contributed by atoms with Crippen LogP contribution in [0.4, 0.5) is 0 Å². The number of nitrogens with two attached hydrogens (primary N) is 1. The molecule has 2 rings (SSSR count). The van der Waals surface area contributed by atoms with E-state index in [2.05, 4.69) is 5.10 Å². The van der Waals surface area contributed by atoms with Gasteiger partial charge in [0, 0.05) is 18.0 Å². The van der Waals surface area contributed by atoms with Crippen LogP contribution in [-0.4, -0.2) is 9.78 Å². The van der Waals surface area contributed by atoms with Crippen molar-refractivity contribution in [2.24, 2.45) is 5.73 Å². The monoisotopic (exact) mass is 177 g/mol. The minimum Gasteiger partial charge on any atom is -0.468 e. The Balaban J connectivity index is 2.18. The van der Waals surface area contributed by atoms with Crippen molar-refractivity contribution in [2.45, 2.75) is 13.1 Å². The minimum absolute atomic E-state index is 0.434. The van der Waals surface area contributed by atoms with Crippen molar-refractivity contribution in [3.63, 3.8) is 0 Å². The number of hydrogen-bond donors (Lipinski definition) is 1. The molecular formula is C9H11N3O. The zero-order valence-electron chi connectivity index (χ0n) is 7.18. The number of furan rings is 1. The molecule has 4 heteroatoms. The molecule has 0 saturated carbocycles. The average molecular weight is 177 g/mol. The topological polar surface area (TPSA) is 57.0 Å². The summed E-state index contributed by atoms with van der Waals surface area (Å²) in [6.45, 7) is 1.15. The lowest BCUT2D eigenvalue weighted by Crippen LogP contribution is -2.04. The minimum atomic E-state index is 0.434. The molecule has 0 amide bonds. The van der Waals surface area contributed by atoms with Crippen LogP contribution < -0.4 is 5.73 Å². The van der Waals surface area contributed by atoms with Gasteiger partial charge in [0.05, 0.1) is 19.4 Å². The van der Waals surface area contributed by atoms with Gasteiger partial charge in [0.1, 0.15) is 5.76 Å². The van der Waals surface area contributed by atoms with Gasteiger partial charge in [-0.3, -0.25) is 4.68 Å². The number of hydrogen-bond acceptors (Lipinski definition) is 3. The number of rotatable bonds is 3. The van der Waals surface area contributed by atoms with E-state index in [-0.39, 0.29) is 0 Å². The molecule has 2 heterocycles. The third-order valence-corrected chi connectivity index (χ3v) is 1.91. The van der Waals surface area contributed by atoms with E-state index in [0.717, 1.165) is 17.9 Å². The molecular weight excluding hydrogens is 166 g/mol. The summed E-state index contributed by atoms with van der Waals surface area (Å²) < 4.78 is 7.03. The van der Waals surface area contributed by atoms with Crippen molar-refractivity contribution in [2.75, 3.05) is 0 Å². The predicted molar refractivity (Wildman–Crippen MR) is 47.9 cm³/mol. The zero-order valence-corrected chi connectivity index (χ0v) is 7.18. The van der Waals surface area contributed by atoms with Crippen molar-refractivity contribution in [1.82, 2.24) is 9.78 Å². The van der Waals surface area contributed by atoms with Crippen LogP contribution in [0, 0.1) is 0 Å². The first-order chi connectivity index (χ1) is 6.40. The van der Waals surface area contributed by atoms with Crippen LogP contribution in [0.3, 0.4) is 0 Å². The zero-order chi connectivity index (χ0) is 9.10. The highest BCUT2D eigenvalue weighted by molar-refractivity contribution is 5.16. The molecule has 2 aromatic heterocycles. The Morgan fingerprint density at radius 3 is 3.15 bits per heavy atom. The summed E-state index contributed by atoms with van der Waals surface area (Å²) >= 11 is 0. The Hall–Kier alpha value is -1.55. The Kier molecular flexibility index (Phi) is 2.14. The molecule has 2 N–H and O–H groups in total. The lowest BCUT2D eigenvalue weighted by Gasteiger charge is -2.00. The summed E-state index contributed by atoms with van der Waals surface area (Å²) in [5.74, 6) is 0.829. The van der Waals surface area contributed by atoms with E-state index in [1.807, 2.05) is 23.0 Å². The van der Waals surface area contributed by atoms with Crippen molar-refractivity contribution >= 4 is 0 Å². The van der Waals surface area contributed by atoms with Gasteiger partial charge in [-0.2, -0.15) is 5.10 Å². The van der Waals surface area contributed by atoms with Gasteiger partial charge in [-0.15, -0.1) is 0 Å². The Labute approximate surface area is 76.0 Å². The van der Waals surface area contributed by atoms with E-state index in [0.29, 0.717) is 6.54 Å². The molecule has 4 nitrogen and oxygen atoms in total. The fourth-order valence-electron chi connectivity index (χ4n) is 1.26. The first kappa shape index (κ1) is 8.07. The van der Waals surface area contributed by atoms with E-state index in [1.54, 1.807) is 12.5 Å². The van der Waals surface area contributed by atoms with Crippen LogP contribution in [0.15, 0.2) is 35.2 Å². The van der Waals surface area contributed by atoms with E-state index < -0.39 is 0 Å². The van der Waals surface area contributed by atoms with Crippen LogP contribution in [0.25, 0.3) is 0 Å². The third kappa shape index (κ3) is 1.62. The summed E-state index contributed by atoms with van der Waals surface area (Å²) in [4.78, 5) is 0. The standard InChI is InChI=1S/C9H11N3O/c10-6-9-8(2-5-13-9)7-12-4-1-3-11-12/h1-5H,6-7,10H2. The molecule has 0 fully saturated rings. The molecule has 13 heavy (non-hydrogen) atoms. The fraction of sp³-hybridized carbons (Fsp3) is 0.222. The largest absolute Gasteiger partial charge is 0.468 e. The Morgan fingerprint density at radius 2 is 2.46 bits per heavy atom. The van der Waals surface area contributed by atoms with Gasteiger partial charge >= 0.3 is 0 Å². The molecule has 0 aromatic carbocycles. The molecule has 0 spiro atoms. The van der Waals surface area contributed by atoms with Gasteiger partial charge in [-0.05, 0) is 12.1 Å². The van der Waals surface area contributed by atoms with E-state index in [9.17, 15) is 0 Å². The first-order valence-electron chi connectivity index (χ1n) is 4.13. The van der Waals surface area contributed by atoms with E-state index in [4.69, 9.17) is 10.2 Å². The summed E-state index contributed by atoms with van der Waals surface area (Å²) in [7, 11) is 0. The SMILES string of the molecule is NCc1occc1Cn1cccn1. The second-order valence-corrected chi connectivity index (χ2v) is 2.78. The van der Waals surface area contributed by atoms with Crippen molar-refractivity contribution < 1.29 is 4.42 Å². The highest BCUT2D eigenvalue weighted by atomic mass is 16.3. The molecule has 0 saturated heterocycles. The normalized spacial score (nSPS) is 10.5. The van der Waals surface area contributed by atoms with Crippen molar-refractivity contribution in [3.05, 3.63) is 42.1 Å². The van der Waals surface area contributed by atoms with Gasteiger partial charge in [0.2, 0.25) is 0 Å². The smallest absolute Gasteiger partial charge is 0.122 e. The summed E-state index contributed by atoms with van der Waals surface area (Å²) in [5, 5.41) is 4.10. The molecule has 0 radical (unpaired) electrons. The predicted octanol–water partition coefficient (Wildman–Crippen LogP) is 0.983. The van der Waals surface area contributed by atoms with Crippen molar-refractivity contribution in [3.8, 4) is 0 Å². The second-order valence-electron chi connectivity index (χ2n) is 2.78. The molecule has 2 aromatic rings. The highest BCUT2D eigenvalue weighted by Gasteiger charge is 2.04. The summed E-state index contributed by atoms with van der Waals surface area (Å²) in [5.41, 5.74) is 6.59. The number of aromatic nitrogens is 2. The lowest BCUT2D eigenvalue weighted by molar-refractivity contribution is 0.503. The molecule has 0 aliphatic heterocycles. The van der Waals surface area contributed by atoms with Crippen LogP contribution in [0.5, 0.6) is 0 Å². The Morgan fingerprint density at radius 1 is 1.54 bits per heavy atom. The third-order valence-electron chi connectivity index (χ3n) is 1.91. The number of nitrogens with zero attached hydrogens (tertiary/aromatic N) is 2. The van der Waals surface area contributed by atoms with Crippen LogP contribution in [0.2, 0.25) is 0 Å². The van der Waals surface area contributed by atoms with Gasteiger partial charge in [-0.1, -0.05) is 0 Å². The Bertz CT molecular complexity index is 364. The quantitative estimate of drug-likeness (QED) is 0.760. The summed E-state index contributed by atoms with van der Waals surface area (Å²) in [6.07, 6.45) is 5.32. The molecule has 0 atom stereocenters. The molecule has 0 aliphatic rings. The maximum absolute atomic E-state index is 5.50. The molecule has 68 valence electrons. The van der Waals surface area contributed by atoms with Gasteiger partial charge in [0.25, 0.3) is 0 Å². The van der Waals surface area contributed by atoms with Crippen LogP contribution in [0.1, 0.15) is 11.3 Å². The maximum Gasteiger partial charge on any atom is 0.122 e. The average Bonchev–Trinajstić information content (AvgIpc) is 2.76. The van der Waals surface area contributed by atoms with Gasteiger partial charge in [-0.25, -0.2) is 0 Å². The lowest BCUT2D eigenvalue weighted by atomic mass is 10.2. The fourth-order valence-corrected chi connectivity index (χ4v) is 1.26. The van der Waals surface area contributed by atoms with E-state index in [1.165, 1.54) is 0 Å². The summed E-state index contributed by atoms with van der Waals surface area (Å²) in [6, 6.07) is 3.81. The maximum atomic E-state index is 5.50. The van der Waals surface area contributed by atoms with Crippen LogP contribution >= 0.6 is 0 Å². The van der Waals surface area contributed by atoms with Gasteiger partial charge < -0.3 is 10.2 Å². The highest BCUT2D eigenvalue weighted by Crippen LogP contribution is 2.10. The van der Waals surface area contributed by atoms with Gasteiger partial charge in [0.15, 0.2) is 0 Å². The van der Waals surface area contributed by atoms with E-state index >= 15 is 0 Å². The van der Waals surface area contributed by atoms with Crippen molar-refractivity contribution in [1.29, 1.82) is 0 Å². The molecule has 0 unspecified atom stereocenters. The second kappa shape index (κ2) is 3.45. The molecule has 0 aliphatic carbocycles. The van der Waals surface area contributed by atoms with Crippen LogP contribution in [-0.2, 0) is 13.1 Å².